The van der Waals surface area contributed by atoms with E-state index in [0.29, 0.717) is 12.8 Å². The van der Waals surface area contributed by atoms with Crippen LogP contribution in [-0.4, -0.2) is 24.6 Å². The number of nitrogens with two attached hydrogens (primary N) is 1. The highest BCUT2D eigenvalue weighted by Gasteiger charge is 2.60. The molecule has 0 aromatic carbocycles. The monoisotopic (exact) mass is 220 g/mol. The summed E-state index contributed by atoms with van der Waals surface area (Å²) in [4.78, 5) is 11.0. The number of sulfonamides is 1. The minimum absolute atomic E-state index is 0.327. The van der Waals surface area contributed by atoms with Crippen molar-refractivity contribution in [2.45, 2.75) is 43.9 Å². The molecule has 1 aliphatic carbocycles. The lowest BCUT2D eigenvalue weighted by molar-refractivity contribution is -0.118. The lowest BCUT2D eigenvalue weighted by Crippen LogP contribution is -2.51. The lowest BCUT2D eigenvalue weighted by atomic mass is 10.1. The third-order valence-electron chi connectivity index (χ3n) is 2.11. The smallest absolute Gasteiger partial charge is 0.240 e. The summed E-state index contributed by atoms with van der Waals surface area (Å²) in [6.45, 7) is 5.17. The van der Waals surface area contributed by atoms with Gasteiger partial charge < -0.3 is 5.73 Å². The number of rotatable bonds is 3. The van der Waals surface area contributed by atoms with Crippen molar-refractivity contribution < 1.29 is 13.2 Å². The molecule has 14 heavy (non-hydrogen) atoms. The van der Waals surface area contributed by atoms with Crippen molar-refractivity contribution in [3.8, 4) is 0 Å². The molecule has 0 aromatic rings. The van der Waals surface area contributed by atoms with Gasteiger partial charge in [-0.25, -0.2) is 13.1 Å². The minimum atomic E-state index is -3.63. The van der Waals surface area contributed by atoms with Crippen LogP contribution in [0.5, 0.6) is 0 Å². The van der Waals surface area contributed by atoms with Crippen LogP contribution in [0.4, 0.5) is 0 Å². The van der Waals surface area contributed by atoms with Crippen LogP contribution in [0, 0.1) is 0 Å². The molecule has 0 spiro atoms. The highest BCUT2D eigenvalue weighted by atomic mass is 32.2. The summed E-state index contributed by atoms with van der Waals surface area (Å²) < 4.78 is 24.6. The molecule has 0 aromatic heterocycles. The van der Waals surface area contributed by atoms with Gasteiger partial charge >= 0.3 is 0 Å². The van der Waals surface area contributed by atoms with Crippen LogP contribution in [0.25, 0.3) is 0 Å². The Morgan fingerprint density at radius 2 is 1.79 bits per heavy atom. The second-order valence-corrected chi connectivity index (χ2v) is 6.71. The van der Waals surface area contributed by atoms with Gasteiger partial charge in [-0.05, 0) is 33.6 Å². The van der Waals surface area contributed by atoms with Crippen LogP contribution >= 0.6 is 0 Å². The molecule has 0 atom stereocenters. The largest absolute Gasteiger partial charge is 0.368 e. The summed E-state index contributed by atoms with van der Waals surface area (Å²) in [7, 11) is -3.63. The topological polar surface area (TPSA) is 89.3 Å². The first-order valence-electron chi connectivity index (χ1n) is 4.44. The van der Waals surface area contributed by atoms with Crippen molar-refractivity contribution in [1.82, 2.24) is 4.72 Å². The van der Waals surface area contributed by atoms with Crippen LogP contribution in [0.15, 0.2) is 0 Å². The van der Waals surface area contributed by atoms with E-state index in [1.807, 2.05) is 0 Å². The second-order valence-electron chi connectivity index (χ2n) is 4.71. The predicted molar refractivity (Wildman–Crippen MR) is 53.0 cm³/mol. The van der Waals surface area contributed by atoms with E-state index < -0.39 is 26.2 Å². The van der Waals surface area contributed by atoms with Crippen LogP contribution < -0.4 is 10.5 Å². The number of hydrogen-bond donors (Lipinski definition) is 2. The molecule has 5 nitrogen and oxygen atoms in total. The third kappa shape index (κ3) is 1.90. The maximum absolute atomic E-state index is 11.8. The second kappa shape index (κ2) is 2.93. The Kier molecular flexibility index (Phi) is 2.40. The quantitative estimate of drug-likeness (QED) is 0.685. The lowest BCUT2D eigenvalue weighted by Gasteiger charge is -2.23. The van der Waals surface area contributed by atoms with Gasteiger partial charge in [0.05, 0.1) is 0 Å². The molecule has 1 amide bonds. The molecule has 6 heteroatoms. The zero-order valence-corrected chi connectivity index (χ0v) is 9.44. The zero-order chi connectivity index (χ0) is 11.2. The molecule has 0 aliphatic heterocycles. The Bertz CT molecular complexity index is 349. The van der Waals surface area contributed by atoms with Crippen molar-refractivity contribution in [1.29, 1.82) is 0 Å². The summed E-state index contributed by atoms with van der Waals surface area (Å²) in [6.07, 6.45) is 0.654. The molecule has 1 saturated carbocycles. The van der Waals surface area contributed by atoms with Crippen molar-refractivity contribution in [3.05, 3.63) is 0 Å². The van der Waals surface area contributed by atoms with E-state index >= 15 is 0 Å². The molecular weight excluding hydrogens is 204 g/mol. The van der Waals surface area contributed by atoms with E-state index in [-0.39, 0.29) is 0 Å². The maximum Gasteiger partial charge on any atom is 0.240 e. The normalized spacial score (nSPS) is 20.5. The number of nitrogens with one attached hydrogen (secondary N) is 1. The van der Waals surface area contributed by atoms with Gasteiger partial charge in [0.1, 0.15) is 0 Å². The minimum Gasteiger partial charge on any atom is -0.368 e. The summed E-state index contributed by atoms with van der Waals surface area (Å²) in [5.41, 5.74) is 4.50. The Hall–Kier alpha value is -0.620. The number of carbonyl (C=O) groups excluding carboxylic acids is 1. The molecule has 0 bridgehead atoms. The molecule has 1 fully saturated rings. The first-order chi connectivity index (χ1) is 6.11. The molecule has 3 N–H and O–H groups in total. The molecule has 1 aliphatic rings. The van der Waals surface area contributed by atoms with Gasteiger partial charge in [0.15, 0.2) is 4.75 Å². The highest BCUT2D eigenvalue weighted by molar-refractivity contribution is 7.92. The van der Waals surface area contributed by atoms with E-state index in [0.717, 1.165) is 0 Å². The number of amides is 1. The van der Waals surface area contributed by atoms with E-state index in [2.05, 4.69) is 4.72 Å². The molecule has 0 saturated heterocycles. The summed E-state index contributed by atoms with van der Waals surface area (Å²) in [5.74, 6) is -0.755. The molecule has 0 heterocycles. The van der Waals surface area contributed by atoms with Crippen molar-refractivity contribution >= 4 is 15.9 Å². The maximum atomic E-state index is 11.8. The van der Waals surface area contributed by atoms with Gasteiger partial charge in [-0.3, -0.25) is 4.79 Å². The summed E-state index contributed by atoms with van der Waals surface area (Å²) in [5, 5.41) is 0. The van der Waals surface area contributed by atoms with Gasteiger partial charge in [-0.2, -0.15) is 0 Å². The van der Waals surface area contributed by atoms with E-state index in [1.165, 1.54) is 0 Å². The molecule has 1 rings (SSSR count). The van der Waals surface area contributed by atoms with E-state index in [4.69, 9.17) is 5.73 Å². The van der Waals surface area contributed by atoms with Crippen LogP contribution in [0.2, 0.25) is 0 Å². The van der Waals surface area contributed by atoms with Crippen LogP contribution in [0.1, 0.15) is 33.6 Å². The van der Waals surface area contributed by atoms with Gasteiger partial charge in [-0.15, -0.1) is 0 Å². The number of primary amides is 1. The number of hydrogen-bond acceptors (Lipinski definition) is 3. The Balaban J connectivity index is 2.93. The van der Waals surface area contributed by atoms with Crippen LogP contribution in [-0.2, 0) is 14.8 Å². The average Bonchev–Trinajstić information content (AvgIpc) is 2.56. The van der Waals surface area contributed by atoms with Crippen molar-refractivity contribution in [2.75, 3.05) is 0 Å². The summed E-state index contributed by atoms with van der Waals surface area (Å²) >= 11 is 0. The van der Waals surface area contributed by atoms with Gasteiger partial charge in [-0.1, -0.05) is 0 Å². The van der Waals surface area contributed by atoms with Crippen LogP contribution in [0.3, 0.4) is 0 Å². The van der Waals surface area contributed by atoms with Gasteiger partial charge in [0.2, 0.25) is 15.9 Å². The van der Waals surface area contributed by atoms with Gasteiger partial charge in [0.25, 0.3) is 0 Å². The number of carbonyl (C=O) groups is 1. The first kappa shape index (κ1) is 11.5. The standard InChI is InChI=1S/C8H16N2O3S/c1-7(2,3)10-14(12,13)8(4-5-8)6(9)11/h10H,4-5H2,1-3H3,(H2,9,11). The molecule has 0 unspecified atom stereocenters. The fraction of sp³-hybridized carbons (Fsp3) is 0.875. The van der Waals surface area contributed by atoms with E-state index in [9.17, 15) is 13.2 Å². The molecule has 82 valence electrons. The average molecular weight is 220 g/mol. The van der Waals surface area contributed by atoms with Crippen molar-refractivity contribution in [3.63, 3.8) is 0 Å². The fourth-order valence-corrected chi connectivity index (χ4v) is 3.17. The highest BCUT2D eigenvalue weighted by Crippen LogP contribution is 2.43. The Labute approximate surface area is 84.1 Å². The first-order valence-corrected chi connectivity index (χ1v) is 5.92. The SMILES string of the molecule is CC(C)(C)NS(=O)(=O)C1(C(N)=O)CC1. The fourth-order valence-electron chi connectivity index (χ4n) is 1.26. The van der Waals surface area contributed by atoms with Gasteiger partial charge in [0, 0.05) is 5.54 Å². The third-order valence-corrected chi connectivity index (χ3v) is 4.63. The molecule has 0 radical (unpaired) electrons. The Morgan fingerprint density at radius 3 is 2.00 bits per heavy atom. The van der Waals surface area contributed by atoms with Crippen molar-refractivity contribution in [2.24, 2.45) is 5.73 Å². The Morgan fingerprint density at radius 1 is 1.36 bits per heavy atom. The molecular formula is C8H16N2O3S. The summed E-state index contributed by atoms with van der Waals surface area (Å²) in [6, 6.07) is 0. The zero-order valence-electron chi connectivity index (χ0n) is 8.62. The predicted octanol–water partition coefficient (Wildman–Crippen LogP) is -0.278. The van der Waals surface area contributed by atoms with E-state index in [1.54, 1.807) is 20.8 Å².